The first-order valence-corrected chi connectivity index (χ1v) is 15.9. The molecule has 0 unspecified atom stereocenters. The molecule has 0 spiro atoms. The molecular weight excluding hydrogens is 623 g/mol. The summed E-state index contributed by atoms with van der Waals surface area (Å²) in [7, 11) is 0. The van der Waals surface area contributed by atoms with Gasteiger partial charge in [0.1, 0.15) is 5.58 Å². The van der Waals surface area contributed by atoms with Crippen molar-refractivity contribution >= 4 is 65.3 Å². The lowest BCUT2D eigenvalue weighted by molar-refractivity contribution is 0.616. The van der Waals surface area contributed by atoms with Crippen LogP contribution in [-0.4, -0.2) is 33.7 Å². The van der Waals surface area contributed by atoms with Crippen molar-refractivity contribution in [1.82, 2.24) is 33.7 Å². The lowest BCUT2D eigenvalue weighted by Crippen LogP contribution is -2.12. The number of aromatic nitrogens is 7. The van der Waals surface area contributed by atoms with E-state index in [4.69, 9.17) is 24.4 Å². The highest BCUT2D eigenvalue weighted by Crippen LogP contribution is 2.31. The Kier molecular flexibility index (Phi) is 5.52. The Morgan fingerprint density at radius 2 is 1.19 bits per heavy atom. The van der Waals surface area contributed by atoms with Crippen molar-refractivity contribution in [3.63, 3.8) is 0 Å². The van der Waals surface area contributed by atoms with E-state index < -0.39 is 0 Å². The number of para-hydroxylation sites is 3. The highest BCUT2D eigenvalue weighted by molar-refractivity contribution is 7.23. The molecule has 0 aliphatic heterocycles. The number of hydrogen-bond acceptors (Lipinski definition) is 9. The van der Waals surface area contributed by atoms with Crippen molar-refractivity contribution in [2.45, 2.75) is 0 Å². The van der Waals surface area contributed by atoms with Gasteiger partial charge < -0.3 is 4.42 Å². The Bertz CT molecular complexity index is 3070. The van der Waals surface area contributed by atoms with Crippen LogP contribution < -0.4 is 11.1 Å². The topological polar surface area (TPSA) is 121 Å². The summed E-state index contributed by atoms with van der Waals surface area (Å²) in [4.78, 5) is 51.7. The van der Waals surface area contributed by atoms with Gasteiger partial charge in [-0.05, 0) is 54.6 Å². The number of fused-ring (bicyclic) bond motifs is 8. The van der Waals surface area contributed by atoms with Crippen LogP contribution in [0.25, 0.3) is 88.1 Å². The molecule has 0 radical (unpaired) electrons. The Balaban J connectivity index is 1.18. The van der Waals surface area contributed by atoms with Crippen LogP contribution in [0.15, 0.2) is 129 Å². The number of imidazole rings is 2. The second-order valence-electron chi connectivity index (χ2n) is 11.3. The van der Waals surface area contributed by atoms with Gasteiger partial charge in [-0.25, -0.2) is 28.7 Å². The van der Waals surface area contributed by atoms with Gasteiger partial charge in [0.25, 0.3) is 11.1 Å². The van der Waals surface area contributed by atoms with Gasteiger partial charge in [0.15, 0.2) is 22.4 Å². The van der Waals surface area contributed by atoms with E-state index in [-0.39, 0.29) is 17.0 Å². The van der Waals surface area contributed by atoms with Gasteiger partial charge in [0.05, 0.1) is 32.8 Å². The van der Waals surface area contributed by atoms with Gasteiger partial charge >= 0.3 is 5.84 Å². The Morgan fingerprint density at radius 1 is 0.521 bits per heavy atom. The third-order valence-electron chi connectivity index (χ3n) is 8.48. The van der Waals surface area contributed by atoms with E-state index in [0.29, 0.717) is 55.4 Å². The second kappa shape index (κ2) is 9.95. The van der Waals surface area contributed by atoms with Gasteiger partial charge in [0.2, 0.25) is 0 Å². The number of nitrogens with zero attached hydrogens (tertiary/aromatic N) is 7. The zero-order valence-corrected chi connectivity index (χ0v) is 25.5. The third kappa shape index (κ3) is 3.94. The van der Waals surface area contributed by atoms with E-state index in [1.54, 1.807) is 22.6 Å². The molecule has 0 aliphatic rings. The third-order valence-corrected chi connectivity index (χ3v) is 9.49. The summed E-state index contributed by atoms with van der Waals surface area (Å²) in [6, 6.07) is 35.6. The van der Waals surface area contributed by atoms with Crippen molar-refractivity contribution in [3.8, 4) is 34.2 Å². The van der Waals surface area contributed by atoms with Gasteiger partial charge in [0, 0.05) is 21.4 Å². The van der Waals surface area contributed by atoms with Crippen LogP contribution in [0, 0.1) is 0 Å². The van der Waals surface area contributed by atoms with E-state index in [9.17, 15) is 9.59 Å². The normalized spacial score (nSPS) is 11.9. The minimum atomic E-state index is -0.220. The maximum atomic E-state index is 13.6. The molecule has 0 amide bonds. The molecule has 0 saturated carbocycles. The molecule has 0 bridgehead atoms. The minimum Gasteiger partial charge on any atom is -0.424 e. The fourth-order valence-electron chi connectivity index (χ4n) is 6.17. The molecule has 226 valence electrons. The number of rotatable bonds is 3. The molecule has 0 aliphatic carbocycles. The van der Waals surface area contributed by atoms with Crippen LogP contribution in [0.3, 0.4) is 0 Å². The van der Waals surface area contributed by atoms with Gasteiger partial charge in [-0.3, -0.25) is 9.59 Å². The first-order valence-electron chi connectivity index (χ1n) is 15.1. The fourth-order valence-corrected chi connectivity index (χ4v) is 7.23. The zero-order chi connectivity index (χ0) is 31.9. The van der Waals surface area contributed by atoms with Crippen LogP contribution in [0.1, 0.15) is 0 Å². The van der Waals surface area contributed by atoms with Gasteiger partial charge in [-0.15, -0.1) is 0 Å². The molecule has 0 saturated heterocycles. The average Bonchev–Trinajstić information content (AvgIpc) is 3.69. The molecule has 5 aromatic carbocycles. The Labute approximate surface area is 272 Å². The lowest BCUT2D eigenvalue weighted by atomic mass is 10.1. The highest BCUT2D eigenvalue weighted by atomic mass is 32.1. The summed E-state index contributed by atoms with van der Waals surface area (Å²) < 4.78 is 9.90. The first-order chi connectivity index (χ1) is 23.6. The molecule has 0 N–H and O–H groups in total. The zero-order valence-electron chi connectivity index (χ0n) is 24.7. The Hall–Kier alpha value is -6.59. The summed E-state index contributed by atoms with van der Waals surface area (Å²) in [5.74, 6) is 1.56. The molecule has 10 aromatic rings. The smallest absolute Gasteiger partial charge is 0.310 e. The molecule has 48 heavy (non-hydrogen) atoms. The molecular formula is C37H19N7O3S. The lowest BCUT2D eigenvalue weighted by Gasteiger charge is -2.09. The summed E-state index contributed by atoms with van der Waals surface area (Å²) in [6.45, 7) is 0. The molecule has 5 aromatic heterocycles. The number of benzene rings is 5. The van der Waals surface area contributed by atoms with Crippen molar-refractivity contribution < 1.29 is 4.42 Å². The van der Waals surface area contributed by atoms with E-state index in [0.717, 1.165) is 26.9 Å². The van der Waals surface area contributed by atoms with E-state index in [2.05, 4.69) is 4.98 Å². The summed E-state index contributed by atoms with van der Waals surface area (Å²) in [6.07, 6.45) is 0. The summed E-state index contributed by atoms with van der Waals surface area (Å²) in [5, 5.41) is 1.05. The van der Waals surface area contributed by atoms with Crippen molar-refractivity contribution in [2.75, 3.05) is 0 Å². The SMILES string of the molecule is O=c1c2ccccc2oc2nc3ccc(-c4nc(-c5ccccc5)nc(-c5ccc6c(=O)n7c(nc8ccccc87)sc6c5)n4)cc3n12. The van der Waals surface area contributed by atoms with Crippen LogP contribution in [0.2, 0.25) is 0 Å². The molecule has 10 rings (SSSR count). The monoisotopic (exact) mass is 641 g/mol. The average molecular weight is 642 g/mol. The fraction of sp³-hybridized carbons (Fsp3) is 0. The van der Waals surface area contributed by atoms with Crippen molar-refractivity contribution in [3.05, 3.63) is 136 Å². The largest absolute Gasteiger partial charge is 0.424 e. The van der Waals surface area contributed by atoms with Crippen molar-refractivity contribution in [1.29, 1.82) is 0 Å². The van der Waals surface area contributed by atoms with Gasteiger partial charge in [-0.2, -0.15) is 4.98 Å². The van der Waals surface area contributed by atoms with Crippen LogP contribution in [0.4, 0.5) is 0 Å². The number of hydrogen-bond donors (Lipinski definition) is 0. The predicted molar refractivity (Wildman–Crippen MR) is 186 cm³/mol. The molecule has 0 fully saturated rings. The van der Waals surface area contributed by atoms with Crippen LogP contribution in [-0.2, 0) is 0 Å². The van der Waals surface area contributed by atoms with E-state index in [1.807, 2.05) is 97.1 Å². The second-order valence-corrected chi connectivity index (χ2v) is 12.4. The van der Waals surface area contributed by atoms with Gasteiger partial charge in [-0.1, -0.05) is 72.0 Å². The highest BCUT2D eigenvalue weighted by Gasteiger charge is 2.18. The predicted octanol–water partition coefficient (Wildman–Crippen LogP) is 7.16. The standard InChI is InChI=1S/C37H19N7O3S/c45-34-23-10-4-7-13-29(23)47-36-38-26-17-15-21(18-28(26)43(34)36)32-40-31(20-8-2-1-3-9-20)41-33(42-32)22-14-16-24-30(19-22)48-37-39-25-11-5-6-12-27(25)44(37)35(24)46/h1-19H. The molecule has 5 heterocycles. The maximum Gasteiger partial charge on any atom is 0.310 e. The summed E-state index contributed by atoms with van der Waals surface area (Å²) >= 11 is 1.44. The van der Waals surface area contributed by atoms with Crippen molar-refractivity contribution in [2.24, 2.45) is 0 Å². The quantitative estimate of drug-likeness (QED) is 0.199. The van der Waals surface area contributed by atoms with E-state index >= 15 is 0 Å². The first kappa shape index (κ1) is 26.6. The summed E-state index contributed by atoms with van der Waals surface area (Å²) in [5.41, 5.74) is 5.08. The van der Waals surface area contributed by atoms with Crippen LogP contribution >= 0.6 is 11.3 Å². The Morgan fingerprint density at radius 3 is 2.04 bits per heavy atom. The molecule has 10 nitrogen and oxygen atoms in total. The van der Waals surface area contributed by atoms with Crippen LogP contribution in [0.5, 0.6) is 0 Å². The molecule has 11 heteroatoms. The maximum absolute atomic E-state index is 13.6. The van der Waals surface area contributed by atoms with E-state index in [1.165, 1.54) is 15.7 Å². The minimum absolute atomic E-state index is 0.126. The molecule has 0 atom stereocenters.